The Kier molecular flexibility index (Phi) is 12.7. The number of Topliss-reactive ketones (excluding diaryl/α,β-unsaturated/α-hetero) is 1. The summed E-state index contributed by atoms with van der Waals surface area (Å²) >= 11 is 0. The number of carbonyl (C=O) groups is 6. The summed E-state index contributed by atoms with van der Waals surface area (Å²) in [6.07, 6.45) is 14.8. The Morgan fingerprint density at radius 3 is 1.98 bits per heavy atom. The molecule has 0 bridgehead atoms. The lowest BCUT2D eigenvalue weighted by Gasteiger charge is -2.39. The van der Waals surface area contributed by atoms with Gasteiger partial charge in [0, 0.05) is 18.0 Å². The number of amides is 5. The molecule has 314 valence electrons. The maximum absolute atomic E-state index is 15.2. The van der Waals surface area contributed by atoms with E-state index in [-0.39, 0.29) is 52.0 Å². The summed E-state index contributed by atoms with van der Waals surface area (Å²) in [7, 11) is 0. The second-order valence-corrected chi connectivity index (χ2v) is 20.0. The van der Waals surface area contributed by atoms with Crippen molar-refractivity contribution in [2.75, 3.05) is 19.6 Å². The highest BCUT2D eigenvalue weighted by Crippen LogP contribution is 2.88. The SMILES string of the molecule is CCC[C@H](NC(=O)[C@@H]1C[C@@]2(CN1C(=O)[C@@H](NC(=O)[C@@H](NC(=O)[C@@H]1CCCCN1CCC)C1CCCCC1)C(C)(C)C)C(C)(C)C21CCC1)C(=O)C(=O)NC1CC1. The van der Waals surface area contributed by atoms with Crippen molar-refractivity contribution >= 4 is 35.3 Å². The molecule has 4 aliphatic carbocycles. The van der Waals surface area contributed by atoms with Crippen molar-refractivity contribution in [2.45, 2.75) is 194 Å². The van der Waals surface area contributed by atoms with Crippen LogP contribution in [0.25, 0.3) is 0 Å². The standard InChI is InChI=1S/C44H72N6O6/c1-8-16-30(34(51)39(55)45-29-20-21-29)46-37(53)32-26-44(42(6,7)43(44)22-15-23-43)27-50(32)40(56)35(41(3,4)5)48-38(54)33(28-17-11-10-12-18-28)47-36(52)31-19-13-14-25-49(31)24-9-2/h28-33,35H,8-27H2,1-7H3,(H,45,55)(H,46,53)(H,47,52)(H,48,54)/t30-,31-,32-,33-,35+,44+/m0/s1. The first-order chi connectivity index (χ1) is 26.5. The van der Waals surface area contributed by atoms with E-state index in [1.54, 1.807) is 4.90 Å². The molecule has 0 aromatic heterocycles. The molecule has 2 saturated heterocycles. The molecule has 0 aromatic rings. The average molecular weight is 781 g/mol. The molecule has 4 N–H and O–H groups in total. The van der Waals surface area contributed by atoms with Crippen LogP contribution in [0.4, 0.5) is 0 Å². The first-order valence-corrected chi connectivity index (χ1v) is 22.3. The largest absolute Gasteiger partial charge is 0.347 e. The molecule has 2 aliphatic heterocycles. The molecule has 2 spiro atoms. The van der Waals surface area contributed by atoms with E-state index in [0.717, 1.165) is 103 Å². The fourth-order valence-electron chi connectivity index (χ4n) is 11.5. The van der Waals surface area contributed by atoms with E-state index in [1.165, 1.54) is 0 Å². The van der Waals surface area contributed by atoms with Crippen LogP contribution in [0, 0.1) is 27.6 Å². The second-order valence-electron chi connectivity index (χ2n) is 20.0. The Labute approximate surface area is 335 Å². The van der Waals surface area contributed by atoms with Gasteiger partial charge in [-0.2, -0.15) is 0 Å². The van der Waals surface area contributed by atoms with E-state index >= 15 is 4.79 Å². The zero-order chi connectivity index (χ0) is 40.6. The van der Waals surface area contributed by atoms with Crippen LogP contribution in [0.1, 0.15) is 158 Å². The first kappa shape index (κ1) is 42.6. The van der Waals surface area contributed by atoms with Crippen LogP contribution in [0.2, 0.25) is 0 Å². The number of hydrogen-bond donors (Lipinski definition) is 4. The first-order valence-electron chi connectivity index (χ1n) is 22.3. The molecule has 56 heavy (non-hydrogen) atoms. The van der Waals surface area contributed by atoms with Crippen LogP contribution in [0.5, 0.6) is 0 Å². The van der Waals surface area contributed by atoms with Crippen LogP contribution in [-0.2, 0) is 28.8 Å². The number of nitrogens with zero attached hydrogens (tertiary/aromatic N) is 2. The van der Waals surface area contributed by atoms with E-state index in [4.69, 9.17) is 0 Å². The van der Waals surface area contributed by atoms with Crippen LogP contribution < -0.4 is 21.3 Å². The number of carbonyl (C=O) groups excluding carboxylic acids is 6. The van der Waals surface area contributed by atoms with Crippen LogP contribution in [0.3, 0.4) is 0 Å². The van der Waals surface area contributed by atoms with Gasteiger partial charge in [0.1, 0.15) is 18.1 Å². The molecule has 0 aromatic carbocycles. The minimum Gasteiger partial charge on any atom is -0.347 e. The smallest absolute Gasteiger partial charge is 0.289 e. The number of ketones is 1. The summed E-state index contributed by atoms with van der Waals surface area (Å²) in [5.74, 6) is -2.55. The normalized spacial score (nSPS) is 28.8. The monoisotopic (exact) mass is 781 g/mol. The van der Waals surface area contributed by atoms with Gasteiger partial charge >= 0.3 is 0 Å². The Bertz CT molecular complexity index is 1510. The Morgan fingerprint density at radius 2 is 1.41 bits per heavy atom. The van der Waals surface area contributed by atoms with Crippen molar-refractivity contribution < 1.29 is 28.8 Å². The molecular weight excluding hydrogens is 709 g/mol. The van der Waals surface area contributed by atoms with Gasteiger partial charge in [-0.15, -0.1) is 0 Å². The summed E-state index contributed by atoms with van der Waals surface area (Å²) in [5, 5.41) is 12.1. The summed E-state index contributed by atoms with van der Waals surface area (Å²) in [6.45, 7) is 16.4. The maximum Gasteiger partial charge on any atom is 0.289 e. The molecule has 6 aliphatic rings. The summed E-state index contributed by atoms with van der Waals surface area (Å²) in [6, 6.07) is -3.83. The lowest BCUT2D eigenvalue weighted by Crippen LogP contribution is -2.63. The average Bonchev–Trinajstić information content (AvgIpc) is 3.97. The number of hydrogen-bond acceptors (Lipinski definition) is 7. The molecule has 6 atom stereocenters. The minimum absolute atomic E-state index is 0.0154. The van der Waals surface area contributed by atoms with Crippen molar-refractivity contribution in [1.82, 2.24) is 31.1 Å². The van der Waals surface area contributed by atoms with E-state index in [9.17, 15) is 24.0 Å². The summed E-state index contributed by atoms with van der Waals surface area (Å²) < 4.78 is 0. The van der Waals surface area contributed by atoms with Gasteiger partial charge in [0.25, 0.3) is 5.91 Å². The third-order valence-corrected chi connectivity index (χ3v) is 15.3. The van der Waals surface area contributed by atoms with Crippen molar-refractivity contribution in [3.8, 4) is 0 Å². The quantitative estimate of drug-likeness (QED) is 0.175. The number of fused-ring (bicyclic) bond motifs is 1. The number of nitrogens with one attached hydrogen (secondary N) is 4. The fraction of sp³-hybridized carbons (Fsp3) is 0.864. The van der Waals surface area contributed by atoms with Crippen molar-refractivity contribution in [3.05, 3.63) is 0 Å². The predicted molar refractivity (Wildman–Crippen MR) is 215 cm³/mol. The Hall–Kier alpha value is -3.02. The van der Waals surface area contributed by atoms with Gasteiger partial charge in [0.2, 0.25) is 29.4 Å². The molecule has 5 amide bonds. The minimum atomic E-state index is -0.986. The van der Waals surface area contributed by atoms with Crippen molar-refractivity contribution in [3.63, 3.8) is 0 Å². The lowest BCUT2D eigenvalue weighted by molar-refractivity contribution is -0.146. The van der Waals surface area contributed by atoms with Crippen molar-refractivity contribution in [2.24, 2.45) is 27.6 Å². The third-order valence-electron chi connectivity index (χ3n) is 15.3. The van der Waals surface area contributed by atoms with Gasteiger partial charge in [-0.1, -0.05) is 87.0 Å². The molecule has 6 fully saturated rings. The maximum atomic E-state index is 15.2. The third kappa shape index (κ3) is 8.02. The van der Waals surface area contributed by atoms with Gasteiger partial charge < -0.3 is 26.2 Å². The van der Waals surface area contributed by atoms with Gasteiger partial charge in [-0.3, -0.25) is 33.7 Å². The Balaban J connectivity index is 1.25. The molecule has 0 radical (unpaired) electrons. The molecule has 6 rings (SSSR count). The zero-order valence-electron chi connectivity index (χ0n) is 35.5. The summed E-state index contributed by atoms with van der Waals surface area (Å²) in [5.41, 5.74) is -1.03. The van der Waals surface area contributed by atoms with Gasteiger partial charge in [-0.25, -0.2) is 0 Å². The highest BCUT2D eigenvalue weighted by molar-refractivity contribution is 6.38. The lowest BCUT2D eigenvalue weighted by atomic mass is 9.73. The fourth-order valence-corrected chi connectivity index (χ4v) is 11.5. The second kappa shape index (κ2) is 16.7. The van der Waals surface area contributed by atoms with Crippen LogP contribution in [0.15, 0.2) is 0 Å². The number of piperidine rings is 1. The van der Waals surface area contributed by atoms with E-state index in [2.05, 4.69) is 46.9 Å². The molecular formula is C44H72N6O6. The molecule has 12 heteroatoms. The predicted octanol–water partition coefficient (Wildman–Crippen LogP) is 4.78. The number of rotatable bonds is 15. The van der Waals surface area contributed by atoms with Crippen LogP contribution in [-0.4, -0.2) is 101 Å². The Morgan fingerprint density at radius 1 is 0.750 bits per heavy atom. The number of likely N-dealkylation sites (tertiary alicyclic amines) is 2. The van der Waals surface area contributed by atoms with Gasteiger partial charge in [0.15, 0.2) is 0 Å². The van der Waals surface area contributed by atoms with Crippen molar-refractivity contribution in [1.29, 1.82) is 0 Å². The topological polar surface area (TPSA) is 157 Å². The van der Waals surface area contributed by atoms with E-state index in [1.807, 2.05) is 27.7 Å². The highest BCUT2D eigenvalue weighted by atomic mass is 16.2. The van der Waals surface area contributed by atoms with Gasteiger partial charge in [-0.05, 0) is 106 Å². The zero-order valence-corrected chi connectivity index (χ0v) is 35.5. The highest BCUT2D eigenvalue weighted by Gasteiger charge is 2.85. The molecule has 4 saturated carbocycles. The van der Waals surface area contributed by atoms with E-state index in [0.29, 0.717) is 25.8 Å². The summed E-state index contributed by atoms with van der Waals surface area (Å²) in [4.78, 5) is 88.4. The molecule has 12 nitrogen and oxygen atoms in total. The molecule has 2 heterocycles. The van der Waals surface area contributed by atoms with Crippen LogP contribution >= 0.6 is 0 Å². The molecule has 0 unspecified atom stereocenters. The van der Waals surface area contributed by atoms with E-state index < -0.39 is 47.2 Å². The van der Waals surface area contributed by atoms with Gasteiger partial charge in [0.05, 0.1) is 12.1 Å².